The fourth-order valence-corrected chi connectivity index (χ4v) is 6.87. The van der Waals surface area contributed by atoms with Crippen LogP contribution in [0.5, 0.6) is 0 Å². The minimum absolute atomic E-state index is 0.963. The van der Waals surface area contributed by atoms with Crippen LogP contribution in [0.1, 0.15) is 0 Å². The average molecular weight is 533 g/mol. The third kappa shape index (κ3) is 3.33. The Labute approximate surface area is 243 Å². The summed E-state index contributed by atoms with van der Waals surface area (Å²) in [6.07, 6.45) is 3.88. The van der Waals surface area contributed by atoms with Crippen molar-refractivity contribution in [2.45, 2.75) is 0 Å². The molecule has 0 N–H and O–H groups in total. The van der Waals surface area contributed by atoms with Gasteiger partial charge >= 0.3 is 0 Å². The molecule has 0 amide bonds. The van der Waals surface area contributed by atoms with Crippen LogP contribution in [0, 0.1) is 0 Å². The Morgan fingerprint density at radius 1 is 0.405 bits per heavy atom. The van der Waals surface area contributed by atoms with Crippen molar-refractivity contribution in [3.8, 4) is 55.6 Å². The van der Waals surface area contributed by atoms with Gasteiger partial charge in [0.15, 0.2) is 0 Å². The molecule has 0 spiro atoms. The number of fused-ring (bicyclic) bond motifs is 6. The first-order valence-electron chi connectivity index (χ1n) is 14.3. The zero-order chi connectivity index (χ0) is 27.6. The highest BCUT2D eigenvalue weighted by atomic mass is 14.7. The maximum absolute atomic E-state index is 5.05. The van der Waals surface area contributed by atoms with Gasteiger partial charge in [-0.2, -0.15) is 0 Å². The van der Waals surface area contributed by atoms with E-state index in [1.54, 1.807) is 0 Å². The second-order valence-electron chi connectivity index (χ2n) is 11.0. The summed E-state index contributed by atoms with van der Waals surface area (Å²) in [5.41, 5.74) is 14.3. The molecule has 0 aliphatic heterocycles. The van der Waals surface area contributed by atoms with E-state index in [-0.39, 0.29) is 0 Å². The van der Waals surface area contributed by atoms with Crippen molar-refractivity contribution < 1.29 is 0 Å². The van der Waals surface area contributed by atoms with Gasteiger partial charge < -0.3 is 0 Å². The summed E-state index contributed by atoms with van der Waals surface area (Å²) in [7, 11) is 0. The summed E-state index contributed by atoms with van der Waals surface area (Å²) >= 11 is 0. The molecule has 0 radical (unpaired) electrons. The lowest BCUT2D eigenvalue weighted by Gasteiger charge is -2.21. The minimum Gasteiger partial charge on any atom is -0.256 e. The molecule has 2 heteroatoms. The average Bonchev–Trinajstić information content (AvgIpc) is 3.40. The molecule has 6 aromatic carbocycles. The van der Waals surface area contributed by atoms with Gasteiger partial charge in [-0.3, -0.25) is 9.97 Å². The third-order valence-electron chi connectivity index (χ3n) is 8.66. The van der Waals surface area contributed by atoms with Crippen molar-refractivity contribution in [2.75, 3.05) is 0 Å². The highest BCUT2D eigenvalue weighted by Crippen LogP contribution is 2.57. The highest BCUT2D eigenvalue weighted by molar-refractivity contribution is 6.22. The fourth-order valence-electron chi connectivity index (χ4n) is 6.87. The monoisotopic (exact) mass is 532 g/mol. The molecule has 8 aromatic rings. The second kappa shape index (κ2) is 8.95. The number of pyridine rings is 2. The first kappa shape index (κ1) is 23.1. The molecule has 0 atom stereocenters. The van der Waals surface area contributed by atoms with Crippen molar-refractivity contribution in [1.29, 1.82) is 0 Å². The number of aromatic nitrogens is 2. The van der Waals surface area contributed by atoms with E-state index >= 15 is 0 Å². The molecule has 0 unspecified atom stereocenters. The third-order valence-corrected chi connectivity index (χ3v) is 8.66. The summed E-state index contributed by atoms with van der Waals surface area (Å²) < 4.78 is 0. The topological polar surface area (TPSA) is 25.8 Å². The minimum atomic E-state index is 0.963. The molecule has 1 aliphatic carbocycles. The molecular weight excluding hydrogens is 508 g/mol. The summed E-state index contributed by atoms with van der Waals surface area (Å²) in [4.78, 5) is 9.60. The van der Waals surface area contributed by atoms with Crippen LogP contribution in [-0.2, 0) is 0 Å². The van der Waals surface area contributed by atoms with Crippen LogP contribution in [0.3, 0.4) is 0 Å². The van der Waals surface area contributed by atoms with Crippen LogP contribution in [0.15, 0.2) is 146 Å². The Hall–Kier alpha value is -5.60. The summed E-state index contributed by atoms with van der Waals surface area (Å²) in [6, 6.07) is 48.1. The molecule has 0 saturated heterocycles. The number of nitrogens with zero attached hydrogens (tertiary/aromatic N) is 2. The van der Waals surface area contributed by atoms with Gasteiger partial charge in [0.2, 0.25) is 0 Å². The van der Waals surface area contributed by atoms with E-state index in [9.17, 15) is 0 Å². The Bertz CT molecular complexity index is 2330. The second-order valence-corrected chi connectivity index (χ2v) is 11.0. The van der Waals surface area contributed by atoms with Crippen molar-refractivity contribution >= 4 is 32.6 Å². The van der Waals surface area contributed by atoms with Gasteiger partial charge in [0.25, 0.3) is 0 Å². The Morgan fingerprint density at radius 3 is 1.90 bits per heavy atom. The number of hydrogen-bond donors (Lipinski definition) is 0. The van der Waals surface area contributed by atoms with E-state index in [0.29, 0.717) is 0 Å². The van der Waals surface area contributed by atoms with Gasteiger partial charge in [-0.1, -0.05) is 103 Å². The largest absolute Gasteiger partial charge is 0.256 e. The van der Waals surface area contributed by atoms with E-state index in [1.807, 2.05) is 18.5 Å². The molecule has 2 heterocycles. The molecular formula is C40H24N2. The lowest BCUT2D eigenvalue weighted by molar-refractivity contribution is 1.39. The van der Waals surface area contributed by atoms with Crippen molar-refractivity contribution in [3.63, 3.8) is 0 Å². The lowest BCUT2D eigenvalue weighted by atomic mass is 9.82. The van der Waals surface area contributed by atoms with Crippen LogP contribution in [-0.4, -0.2) is 9.97 Å². The number of rotatable bonds is 3. The number of hydrogen-bond acceptors (Lipinski definition) is 2. The van der Waals surface area contributed by atoms with Crippen LogP contribution in [0.25, 0.3) is 88.2 Å². The molecule has 2 aromatic heterocycles. The molecule has 0 saturated carbocycles. The highest BCUT2D eigenvalue weighted by Gasteiger charge is 2.30. The molecule has 194 valence electrons. The fraction of sp³-hybridized carbons (Fsp3) is 0. The van der Waals surface area contributed by atoms with Crippen LogP contribution >= 0.6 is 0 Å². The molecule has 0 bridgehead atoms. The van der Waals surface area contributed by atoms with Gasteiger partial charge in [0, 0.05) is 28.7 Å². The van der Waals surface area contributed by atoms with Crippen LogP contribution < -0.4 is 0 Å². The first-order valence-corrected chi connectivity index (χ1v) is 14.3. The van der Waals surface area contributed by atoms with Crippen molar-refractivity contribution in [3.05, 3.63) is 146 Å². The SMILES string of the molecule is c1ccc(-c2cc(-c3cnc4c(ccc5ncccc54)c3)c(-c3ccccc3)c3c2-c2cccc4cccc-3c24)cc1. The smallest absolute Gasteiger partial charge is 0.0796 e. The van der Waals surface area contributed by atoms with Gasteiger partial charge in [-0.15, -0.1) is 0 Å². The van der Waals surface area contributed by atoms with E-state index < -0.39 is 0 Å². The predicted molar refractivity (Wildman–Crippen MR) is 175 cm³/mol. The molecule has 1 aliphatic rings. The van der Waals surface area contributed by atoms with E-state index in [0.717, 1.165) is 27.4 Å². The summed E-state index contributed by atoms with van der Waals surface area (Å²) in [6.45, 7) is 0. The molecule has 42 heavy (non-hydrogen) atoms. The lowest BCUT2D eigenvalue weighted by Crippen LogP contribution is -1.95. The maximum atomic E-state index is 5.05. The zero-order valence-electron chi connectivity index (χ0n) is 22.8. The molecule has 2 nitrogen and oxygen atoms in total. The standard InChI is InChI=1S/C40H24N2/c1-3-10-25(11-4-1)33-23-34(29-22-28-19-20-35-30(18-9-21-41-35)40(28)42-24-29)37(27-12-5-2-6-13-27)39-32-17-8-15-26-14-7-16-31(36(26)32)38(33)39/h1-24H. The van der Waals surface area contributed by atoms with Gasteiger partial charge in [-0.05, 0) is 91.2 Å². The quantitative estimate of drug-likeness (QED) is 0.212. The summed E-state index contributed by atoms with van der Waals surface area (Å²) in [5.74, 6) is 0. The Kier molecular flexibility index (Phi) is 4.93. The van der Waals surface area contributed by atoms with Crippen molar-refractivity contribution in [1.82, 2.24) is 9.97 Å². The Balaban J connectivity index is 1.43. The van der Waals surface area contributed by atoms with Gasteiger partial charge in [0.05, 0.1) is 11.0 Å². The van der Waals surface area contributed by atoms with Crippen molar-refractivity contribution in [2.24, 2.45) is 0 Å². The summed E-state index contributed by atoms with van der Waals surface area (Å²) in [5, 5.41) is 4.79. The Morgan fingerprint density at radius 2 is 1.12 bits per heavy atom. The van der Waals surface area contributed by atoms with Crippen LogP contribution in [0.4, 0.5) is 0 Å². The zero-order valence-corrected chi connectivity index (χ0v) is 22.8. The first-order chi connectivity index (χ1) is 20.8. The molecule has 0 fully saturated rings. The van der Waals surface area contributed by atoms with Gasteiger partial charge in [-0.25, -0.2) is 0 Å². The number of benzene rings is 6. The van der Waals surface area contributed by atoms with E-state index in [1.165, 1.54) is 60.8 Å². The van der Waals surface area contributed by atoms with E-state index in [2.05, 4.69) is 132 Å². The van der Waals surface area contributed by atoms with Crippen LogP contribution in [0.2, 0.25) is 0 Å². The molecule has 9 rings (SSSR count). The predicted octanol–water partition coefficient (Wildman–Crippen LogP) is 10.6. The van der Waals surface area contributed by atoms with E-state index in [4.69, 9.17) is 4.98 Å². The normalized spacial score (nSPS) is 11.8. The maximum Gasteiger partial charge on any atom is 0.0796 e. The van der Waals surface area contributed by atoms with Gasteiger partial charge in [0.1, 0.15) is 0 Å².